The van der Waals surface area contributed by atoms with E-state index in [9.17, 15) is 9.59 Å². The van der Waals surface area contributed by atoms with E-state index >= 15 is 0 Å². The second-order valence-electron chi connectivity index (χ2n) is 5.73. The number of hydrazine groups is 1. The largest absolute Gasteiger partial charge is 0.375 e. The average Bonchev–Trinajstić information content (AvgIpc) is 2.90. The van der Waals surface area contributed by atoms with Crippen molar-refractivity contribution in [1.82, 2.24) is 5.43 Å². The van der Waals surface area contributed by atoms with Crippen LogP contribution in [0.3, 0.4) is 0 Å². The summed E-state index contributed by atoms with van der Waals surface area (Å²) >= 11 is 3.37. The van der Waals surface area contributed by atoms with Gasteiger partial charge in [-0.3, -0.25) is 15.0 Å². The SMILES string of the molecule is CCN(C)c1ccc(C=C2C(=O)NN(c3cccc(Br)c3)C2=O)cc1. The Balaban J connectivity index is 1.86. The number of nitrogens with one attached hydrogen (secondary N) is 1. The number of halogens is 1. The predicted octanol–water partition coefficient (Wildman–Crippen LogP) is 3.37. The van der Waals surface area contributed by atoms with Gasteiger partial charge in [0.2, 0.25) is 0 Å². The van der Waals surface area contributed by atoms with Crippen LogP contribution in [-0.4, -0.2) is 25.4 Å². The van der Waals surface area contributed by atoms with Crippen LogP contribution in [0.5, 0.6) is 0 Å². The smallest absolute Gasteiger partial charge is 0.282 e. The van der Waals surface area contributed by atoms with Gasteiger partial charge < -0.3 is 4.90 Å². The predicted molar refractivity (Wildman–Crippen MR) is 103 cm³/mol. The van der Waals surface area contributed by atoms with Gasteiger partial charge in [0.05, 0.1) is 5.69 Å². The maximum Gasteiger partial charge on any atom is 0.282 e. The third-order valence-corrected chi connectivity index (χ3v) is 4.57. The summed E-state index contributed by atoms with van der Waals surface area (Å²) < 4.78 is 0.833. The number of hydrogen-bond donors (Lipinski definition) is 1. The van der Waals surface area contributed by atoms with Crippen LogP contribution in [-0.2, 0) is 9.59 Å². The van der Waals surface area contributed by atoms with Crippen LogP contribution in [0.25, 0.3) is 6.08 Å². The van der Waals surface area contributed by atoms with Gasteiger partial charge in [-0.25, -0.2) is 5.01 Å². The Labute approximate surface area is 155 Å². The van der Waals surface area contributed by atoms with E-state index < -0.39 is 5.91 Å². The topological polar surface area (TPSA) is 52.7 Å². The fourth-order valence-corrected chi connectivity index (χ4v) is 2.92. The van der Waals surface area contributed by atoms with Crippen LogP contribution in [0.2, 0.25) is 0 Å². The monoisotopic (exact) mass is 399 g/mol. The molecule has 128 valence electrons. The molecule has 2 aromatic rings. The lowest BCUT2D eigenvalue weighted by Gasteiger charge is -2.16. The lowest BCUT2D eigenvalue weighted by molar-refractivity contribution is -0.117. The standard InChI is InChI=1S/C19H18BrN3O2/c1-3-22(2)15-9-7-13(8-10-15)11-17-18(24)21-23(19(17)25)16-6-4-5-14(20)12-16/h4-12H,3H2,1-2H3,(H,21,24). The Bertz CT molecular complexity index is 846. The van der Waals surface area contributed by atoms with Crippen molar-refractivity contribution in [3.05, 3.63) is 64.1 Å². The van der Waals surface area contributed by atoms with Crippen molar-refractivity contribution in [1.29, 1.82) is 0 Å². The first-order valence-electron chi connectivity index (χ1n) is 7.93. The third-order valence-electron chi connectivity index (χ3n) is 4.08. The molecule has 0 unspecified atom stereocenters. The minimum atomic E-state index is -0.403. The van der Waals surface area contributed by atoms with Crippen LogP contribution in [0.4, 0.5) is 11.4 Å². The van der Waals surface area contributed by atoms with Gasteiger partial charge in [0.1, 0.15) is 5.57 Å². The summed E-state index contributed by atoms with van der Waals surface area (Å²) in [5.74, 6) is -0.766. The summed E-state index contributed by atoms with van der Waals surface area (Å²) in [4.78, 5) is 26.9. The first-order chi connectivity index (χ1) is 12.0. The molecule has 0 aromatic heterocycles. The highest BCUT2D eigenvalue weighted by Gasteiger charge is 2.34. The zero-order valence-electron chi connectivity index (χ0n) is 14.0. The number of benzene rings is 2. The van der Waals surface area contributed by atoms with E-state index in [0.29, 0.717) is 5.69 Å². The number of rotatable bonds is 4. The Morgan fingerprint density at radius 1 is 1.16 bits per heavy atom. The van der Waals surface area contributed by atoms with Crippen LogP contribution in [0.1, 0.15) is 12.5 Å². The Morgan fingerprint density at radius 3 is 2.52 bits per heavy atom. The van der Waals surface area contributed by atoms with Gasteiger partial charge in [0, 0.05) is 23.8 Å². The van der Waals surface area contributed by atoms with E-state index in [4.69, 9.17) is 0 Å². The molecule has 5 nitrogen and oxygen atoms in total. The molecular formula is C19H18BrN3O2. The number of anilines is 2. The molecule has 0 aliphatic carbocycles. The van der Waals surface area contributed by atoms with Crippen LogP contribution in [0, 0.1) is 0 Å². The molecule has 1 heterocycles. The van der Waals surface area contributed by atoms with Crippen molar-refractivity contribution in [3.8, 4) is 0 Å². The number of hydrogen-bond acceptors (Lipinski definition) is 3. The van der Waals surface area contributed by atoms with E-state index in [-0.39, 0.29) is 11.5 Å². The molecule has 2 amide bonds. The molecule has 1 aliphatic rings. The third kappa shape index (κ3) is 3.58. The van der Waals surface area contributed by atoms with Crippen molar-refractivity contribution in [2.75, 3.05) is 23.5 Å². The lowest BCUT2D eigenvalue weighted by atomic mass is 10.1. The zero-order valence-corrected chi connectivity index (χ0v) is 15.6. The molecule has 0 atom stereocenters. The highest BCUT2D eigenvalue weighted by molar-refractivity contribution is 9.10. The van der Waals surface area contributed by atoms with Gasteiger partial charge in [0.25, 0.3) is 11.8 Å². The zero-order chi connectivity index (χ0) is 18.0. The minimum Gasteiger partial charge on any atom is -0.375 e. The Kier molecular flexibility index (Phi) is 4.90. The molecule has 25 heavy (non-hydrogen) atoms. The summed E-state index contributed by atoms with van der Waals surface area (Å²) in [6, 6.07) is 14.9. The molecule has 1 N–H and O–H groups in total. The van der Waals surface area contributed by atoms with E-state index in [2.05, 4.69) is 33.2 Å². The summed E-state index contributed by atoms with van der Waals surface area (Å²) in [5.41, 5.74) is 5.23. The normalized spacial score (nSPS) is 15.6. The highest BCUT2D eigenvalue weighted by Crippen LogP contribution is 2.24. The van der Waals surface area contributed by atoms with Gasteiger partial charge in [-0.2, -0.15) is 0 Å². The van der Waals surface area contributed by atoms with Gasteiger partial charge >= 0.3 is 0 Å². The molecule has 2 aromatic carbocycles. The Morgan fingerprint density at radius 2 is 1.88 bits per heavy atom. The van der Waals surface area contributed by atoms with Gasteiger partial charge in [-0.15, -0.1) is 0 Å². The van der Waals surface area contributed by atoms with Crippen LogP contribution in [0.15, 0.2) is 58.6 Å². The van der Waals surface area contributed by atoms with Crippen molar-refractivity contribution in [3.63, 3.8) is 0 Å². The molecule has 0 bridgehead atoms. The summed E-state index contributed by atoms with van der Waals surface area (Å²) in [5, 5.41) is 1.26. The fraction of sp³-hybridized carbons (Fsp3) is 0.158. The molecule has 1 saturated heterocycles. The van der Waals surface area contributed by atoms with E-state index in [1.54, 1.807) is 18.2 Å². The quantitative estimate of drug-likeness (QED) is 0.633. The summed E-state index contributed by atoms with van der Waals surface area (Å²) in [6.07, 6.45) is 1.62. The second-order valence-corrected chi connectivity index (χ2v) is 6.64. The first kappa shape index (κ1) is 17.2. The van der Waals surface area contributed by atoms with E-state index in [1.807, 2.05) is 43.4 Å². The molecule has 0 radical (unpaired) electrons. The van der Waals surface area contributed by atoms with Crippen LogP contribution < -0.4 is 15.3 Å². The average molecular weight is 400 g/mol. The number of carbonyl (C=O) groups excluding carboxylic acids is 2. The molecular weight excluding hydrogens is 382 g/mol. The number of nitrogens with zero attached hydrogens (tertiary/aromatic N) is 2. The van der Waals surface area contributed by atoms with Gasteiger partial charge in [-0.1, -0.05) is 34.1 Å². The van der Waals surface area contributed by atoms with Gasteiger partial charge in [-0.05, 0) is 48.9 Å². The van der Waals surface area contributed by atoms with E-state index in [0.717, 1.165) is 22.3 Å². The maximum absolute atomic E-state index is 12.6. The summed E-state index contributed by atoms with van der Waals surface area (Å²) in [7, 11) is 2.01. The van der Waals surface area contributed by atoms with Crippen molar-refractivity contribution < 1.29 is 9.59 Å². The Hall–Kier alpha value is -2.60. The minimum absolute atomic E-state index is 0.122. The van der Waals surface area contributed by atoms with Crippen molar-refractivity contribution in [2.24, 2.45) is 0 Å². The van der Waals surface area contributed by atoms with Gasteiger partial charge in [0.15, 0.2) is 0 Å². The molecule has 0 saturated carbocycles. The lowest BCUT2D eigenvalue weighted by Crippen LogP contribution is -2.35. The maximum atomic E-state index is 12.6. The molecule has 1 fully saturated rings. The number of carbonyl (C=O) groups is 2. The molecule has 1 aliphatic heterocycles. The first-order valence-corrected chi connectivity index (χ1v) is 8.73. The highest BCUT2D eigenvalue weighted by atomic mass is 79.9. The summed E-state index contributed by atoms with van der Waals surface area (Å²) in [6.45, 7) is 2.98. The fourth-order valence-electron chi connectivity index (χ4n) is 2.53. The van der Waals surface area contributed by atoms with Crippen LogP contribution >= 0.6 is 15.9 Å². The second kappa shape index (κ2) is 7.11. The molecule has 0 spiro atoms. The molecule has 6 heteroatoms. The molecule has 3 rings (SSSR count). The van der Waals surface area contributed by atoms with E-state index in [1.165, 1.54) is 5.01 Å². The van der Waals surface area contributed by atoms with Crippen molar-refractivity contribution in [2.45, 2.75) is 6.92 Å². The number of amides is 2. The van der Waals surface area contributed by atoms with Crippen molar-refractivity contribution >= 4 is 45.2 Å².